The van der Waals surface area contributed by atoms with Gasteiger partial charge in [0.1, 0.15) is 5.75 Å². The first kappa shape index (κ1) is 22.2. The van der Waals surface area contributed by atoms with Crippen LogP contribution in [0.15, 0.2) is 49.2 Å². The largest absolute Gasteiger partial charge is 0.480 e. The Kier molecular flexibility index (Phi) is 7.28. The summed E-state index contributed by atoms with van der Waals surface area (Å²) in [6.07, 6.45) is 1.68. The fourth-order valence-corrected chi connectivity index (χ4v) is 4.88. The minimum Gasteiger partial charge on any atom is -0.480 e. The Morgan fingerprint density at radius 1 is 1.28 bits per heavy atom. The molecule has 0 unspecified atom stereocenters. The number of carbonyl (C=O) groups excluding carboxylic acids is 1. The lowest BCUT2D eigenvalue weighted by Crippen LogP contribution is -2.19. The number of rotatable bonds is 5. The molecule has 3 rings (SSSR count). The summed E-state index contributed by atoms with van der Waals surface area (Å²) >= 11 is 20.0. The number of carboxylic acid groups (broad SMARTS) is 1. The SMILES string of the molecule is O=C(O)COc1c(Br)cc(/C=C2\SC(=Nc3cccc(Cl)c3Cl)NC2=O)cc1Br. The van der Waals surface area contributed by atoms with E-state index < -0.39 is 12.6 Å². The van der Waals surface area contributed by atoms with Crippen molar-refractivity contribution in [3.8, 4) is 5.75 Å². The molecule has 1 aliphatic heterocycles. The number of nitrogens with one attached hydrogen (secondary N) is 1. The molecule has 0 aliphatic carbocycles. The van der Waals surface area contributed by atoms with Crippen molar-refractivity contribution in [1.29, 1.82) is 0 Å². The second-order valence-corrected chi connectivity index (χ2v) is 9.08. The summed E-state index contributed by atoms with van der Waals surface area (Å²) < 4.78 is 6.33. The van der Waals surface area contributed by atoms with E-state index in [4.69, 9.17) is 33.0 Å². The zero-order valence-electron chi connectivity index (χ0n) is 14.2. The molecule has 11 heteroatoms. The average molecular weight is 581 g/mol. The summed E-state index contributed by atoms with van der Waals surface area (Å²) in [6, 6.07) is 8.49. The summed E-state index contributed by atoms with van der Waals surface area (Å²) in [5.74, 6) is -1.03. The lowest BCUT2D eigenvalue weighted by molar-refractivity contribution is -0.139. The van der Waals surface area contributed by atoms with Crippen molar-refractivity contribution in [3.63, 3.8) is 0 Å². The standard InChI is InChI=1S/C18H10Br2Cl2N2O4S/c19-9-4-8(5-10(20)16(9)28-7-14(25)26)6-13-17(27)24-18(29-13)23-12-3-1-2-11(21)15(12)22/h1-6H,7H2,(H,25,26)(H,23,24,27)/b13-6-. The van der Waals surface area contributed by atoms with Gasteiger partial charge in [0.15, 0.2) is 11.8 Å². The lowest BCUT2D eigenvalue weighted by Gasteiger charge is -2.09. The first-order chi connectivity index (χ1) is 13.7. The van der Waals surface area contributed by atoms with Crippen LogP contribution in [-0.4, -0.2) is 28.8 Å². The molecule has 2 aromatic rings. The number of thioether (sulfide) groups is 1. The fraction of sp³-hybridized carbons (Fsp3) is 0.0556. The summed E-state index contributed by atoms with van der Waals surface area (Å²) in [5, 5.41) is 12.5. The first-order valence-corrected chi connectivity index (χ1v) is 11.0. The number of aliphatic carboxylic acids is 1. The van der Waals surface area contributed by atoms with Gasteiger partial charge in [0.05, 0.1) is 29.6 Å². The maximum absolute atomic E-state index is 12.3. The summed E-state index contributed by atoms with van der Waals surface area (Å²) in [5.41, 5.74) is 1.15. The molecular formula is C18H10Br2Cl2N2O4S. The van der Waals surface area contributed by atoms with E-state index in [2.05, 4.69) is 42.2 Å². The van der Waals surface area contributed by atoms with Crippen LogP contribution in [0.2, 0.25) is 10.0 Å². The Morgan fingerprint density at radius 2 is 1.97 bits per heavy atom. The van der Waals surface area contributed by atoms with Gasteiger partial charge in [0, 0.05) is 0 Å². The van der Waals surface area contributed by atoms with Gasteiger partial charge < -0.3 is 15.2 Å². The molecular weight excluding hydrogens is 571 g/mol. The number of ether oxygens (including phenoxy) is 1. The number of benzene rings is 2. The third-order valence-corrected chi connectivity index (χ3v) is 6.36. The van der Waals surface area contributed by atoms with Gasteiger partial charge in [0.2, 0.25) is 0 Å². The maximum Gasteiger partial charge on any atom is 0.341 e. The normalized spacial score (nSPS) is 16.3. The number of aliphatic imine (C=N–C) groups is 1. The zero-order valence-corrected chi connectivity index (χ0v) is 19.7. The van der Waals surface area contributed by atoms with Gasteiger partial charge in [-0.3, -0.25) is 4.79 Å². The van der Waals surface area contributed by atoms with Crippen LogP contribution in [0.3, 0.4) is 0 Å². The Hall–Kier alpha value is -1.52. The molecule has 29 heavy (non-hydrogen) atoms. The van der Waals surface area contributed by atoms with E-state index in [9.17, 15) is 9.59 Å². The van der Waals surface area contributed by atoms with Gasteiger partial charge in [-0.2, -0.15) is 0 Å². The monoisotopic (exact) mass is 578 g/mol. The molecule has 1 saturated heterocycles. The van der Waals surface area contributed by atoms with Crippen LogP contribution in [0.5, 0.6) is 5.75 Å². The minimum absolute atomic E-state index is 0.301. The van der Waals surface area contributed by atoms with Crippen molar-refractivity contribution >= 4 is 95.6 Å². The number of amidine groups is 1. The predicted octanol–water partition coefficient (Wildman–Crippen LogP) is 5.87. The molecule has 2 N–H and O–H groups in total. The number of amides is 1. The van der Waals surface area contributed by atoms with Crippen LogP contribution in [0, 0.1) is 0 Å². The lowest BCUT2D eigenvalue weighted by atomic mass is 10.2. The number of carboxylic acids is 1. The molecule has 150 valence electrons. The number of hydrogen-bond acceptors (Lipinski definition) is 5. The Labute approximate surface area is 196 Å². The minimum atomic E-state index is -1.08. The highest BCUT2D eigenvalue weighted by Crippen LogP contribution is 2.37. The quantitative estimate of drug-likeness (QED) is 0.432. The molecule has 0 bridgehead atoms. The van der Waals surface area contributed by atoms with E-state index in [0.717, 1.165) is 11.8 Å². The van der Waals surface area contributed by atoms with E-state index in [-0.39, 0.29) is 5.91 Å². The Balaban J connectivity index is 1.84. The number of carbonyl (C=O) groups is 2. The molecule has 1 aliphatic rings. The number of halogens is 4. The number of nitrogens with zero attached hydrogens (tertiary/aromatic N) is 1. The fourth-order valence-electron chi connectivity index (χ4n) is 2.25. The van der Waals surface area contributed by atoms with E-state index in [1.54, 1.807) is 36.4 Å². The molecule has 2 aromatic carbocycles. The van der Waals surface area contributed by atoms with Gasteiger partial charge in [-0.25, -0.2) is 9.79 Å². The molecule has 0 saturated carbocycles. The third-order valence-electron chi connectivity index (χ3n) is 3.46. The van der Waals surface area contributed by atoms with E-state index in [1.165, 1.54) is 0 Å². The van der Waals surface area contributed by atoms with Gasteiger partial charge >= 0.3 is 5.97 Å². The van der Waals surface area contributed by atoms with Gasteiger partial charge in [-0.05, 0) is 79.5 Å². The molecule has 1 amide bonds. The molecule has 0 spiro atoms. The average Bonchev–Trinajstić information content (AvgIpc) is 2.97. The molecule has 1 fully saturated rings. The summed E-state index contributed by atoms with van der Waals surface area (Å²) in [6.45, 7) is -0.470. The number of hydrogen-bond donors (Lipinski definition) is 2. The Morgan fingerprint density at radius 3 is 2.62 bits per heavy atom. The van der Waals surface area contributed by atoms with E-state index in [0.29, 0.717) is 46.1 Å². The highest BCUT2D eigenvalue weighted by Gasteiger charge is 2.24. The van der Waals surface area contributed by atoms with Crippen molar-refractivity contribution in [2.75, 3.05) is 6.61 Å². The van der Waals surface area contributed by atoms with Crippen LogP contribution in [0.1, 0.15) is 5.56 Å². The van der Waals surface area contributed by atoms with Crippen molar-refractivity contribution in [3.05, 3.63) is 59.8 Å². The van der Waals surface area contributed by atoms with Crippen molar-refractivity contribution in [2.45, 2.75) is 0 Å². The second kappa shape index (κ2) is 9.53. The molecule has 0 aromatic heterocycles. The van der Waals surface area contributed by atoms with Crippen molar-refractivity contribution in [2.24, 2.45) is 4.99 Å². The highest BCUT2D eigenvalue weighted by molar-refractivity contribution is 9.11. The van der Waals surface area contributed by atoms with Crippen molar-refractivity contribution in [1.82, 2.24) is 5.32 Å². The van der Waals surface area contributed by atoms with E-state index in [1.807, 2.05) is 0 Å². The zero-order chi connectivity index (χ0) is 21.1. The van der Waals surface area contributed by atoms with Crippen LogP contribution in [0.25, 0.3) is 6.08 Å². The molecule has 1 heterocycles. The first-order valence-electron chi connectivity index (χ1n) is 7.82. The third kappa shape index (κ3) is 5.55. The topological polar surface area (TPSA) is 88.0 Å². The van der Waals surface area contributed by atoms with Gasteiger partial charge in [-0.1, -0.05) is 29.3 Å². The molecule has 0 radical (unpaired) electrons. The van der Waals surface area contributed by atoms with Crippen LogP contribution in [0.4, 0.5) is 5.69 Å². The van der Waals surface area contributed by atoms with Crippen LogP contribution in [-0.2, 0) is 9.59 Å². The van der Waals surface area contributed by atoms with Gasteiger partial charge in [-0.15, -0.1) is 0 Å². The second-order valence-electron chi connectivity index (χ2n) is 5.55. The van der Waals surface area contributed by atoms with E-state index >= 15 is 0 Å². The van der Waals surface area contributed by atoms with Crippen LogP contribution < -0.4 is 10.1 Å². The predicted molar refractivity (Wildman–Crippen MR) is 122 cm³/mol. The maximum atomic E-state index is 12.3. The van der Waals surface area contributed by atoms with Crippen LogP contribution >= 0.6 is 66.8 Å². The smallest absolute Gasteiger partial charge is 0.341 e. The van der Waals surface area contributed by atoms with Gasteiger partial charge in [0.25, 0.3) is 5.91 Å². The summed E-state index contributed by atoms with van der Waals surface area (Å²) in [4.78, 5) is 27.8. The summed E-state index contributed by atoms with van der Waals surface area (Å²) in [7, 11) is 0. The molecule has 6 nitrogen and oxygen atoms in total. The highest BCUT2D eigenvalue weighted by atomic mass is 79.9. The van der Waals surface area contributed by atoms with Crippen molar-refractivity contribution < 1.29 is 19.4 Å². The Bertz CT molecular complexity index is 1050. The molecule has 0 atom stereocenters.